The number of amides is 1. The second-order valence-electron chi connectivity index (χ2n) is 4.27. The van der Waals surface area contributed by atoms with E-state index < -0.39 is 0 Å². The number of nitrogens with zero attached hydrogens (tertiary/aromatic N) is 1. The summed E-state index contributed by atoms with van der Waals surface area (Å²) in [4.78, 5) is 14.3. The first-order valence-electron chi connectivity index (χ1n) is 5.84. The van der Waals surface area contributed by atoms with E-state index in [1.807, 2.05) is 43.3 Å². The van der Waals surface area contributed by atoms with Gasteiger partial charge in [-0.1, -0.05) is 12.2 Å². The third-order valence-electron chi connectivity index (χ3n) is 2.53. The van der Waals surface area contributed by atoms with Crippen LogP contribution in [0.1, 0.15) is 23.2 Å². The molecule has 3 N–H and O–H groups in total. The molecule has 0 atom stereocenters. The normalized spacial score (nSPS) is 9.89. The van der Waals surface area contributed by atoms with Crippen LogP contribution >= 0.6 is 12.2 Å². The molecular formula is C13H19N3OS. The van der Waals surface area contributed by atoms with Gasteiger partial charge < -0.3 is 16.0 Å². The van der Waals surface area contributed by atoms with Crippen LogP contribution in [0.15, 0.2) is 24.3 Å². The minimum atomic E-state index is -0.0664. The van der Waals surface area contributed by atoms with E-state index in [1.165, 1.54) is 0 Å². The number of hydrogen-bond acceptors (Lipinski definition) is 3. The largest absolute Gasteiger partial charge is 0.393 e. The molecule has 0 aliphatic rings. The summed E-state index contributed by atoms with van der Waals surface area (Å²) in [5.74, 6) is -0.0664. The van der Waals surface area contributed by atoms with E-state index in [1.54, 1.807) is 0 Å². The number of rotatable bonds is 6. The zero-order valence-electron chi connectivity index (χ0n) is 10.8. The van der Waals surface area contributed by atoms with E-state index in [9.17, 15) is 4.79 Å². The first-order valence-corrected chi connectivity index (χ1v) is 6.25. The van der Waals surface area contributed by atoms with Crippen molar-refractivity contribution in [3.05, 3.63) is 29.8 Å². The highest BCUT2D eigenvalue weighted by Crippen LogP contribution is 2.11. The number of anilines is 1. The van der Waals surface area contributed by atoms with Gasteiger partial charge in [-0.2, -0.15) is 0 Å². The van der Waals surface area contributed by atoms with E-state index in [0.29, 0.717) is 23.5 Å². The lowest BCUT2D eigenvalue weighted by atomic mass is 10.2. The maximum absolute atomic E-state index is 11.8. The zero-order valence-corrected chi connectivity index (χ0v) is 11.6. The Labute approximate surface area is 113 Å². The molecule has 0 spiro atoms. The fourth-order valence-electron chi connectivity index (χ4n) is 1.48. The van der Waals surface area contributed by atoms with E-state index in [2.05, 4.69) is 5.32 Å². The van der Waals surface area contributed by atoms with Crippen molar-refractivity contribution in [2.24, 2.45) is 5.73 Å². The van der Waals surface area contributed by atoms with Crippen LogP contribution in [-0.2, 0) is 0 Å². The highest BCUT2D eigenvalue weighted by molar-refractivity contribution is 7.80. The van der Waals surface area contributed by atoms with Gasteiger partial charge in [0.2, 0.25) is 0 Å². The number of benzene rings is 1. The average molecular weight is 265 g/mol. The minimum Gasteiger partial charge on any atom is -0.393 e. The summed E-state index contributed by atoms with van der Waals surface area (Å²) in [6, 6.07) is 7.48. The SMILES string of the molecule is CN(C)c1ccc(C(=O)NCCCC(N)=S)cc1. The smallest absolute Gasteiger partial charge is 0.251 e. The van der Waals surface area contributed by atoms with Gasteiger partial charge in [0, 0.05) is 31.9 Å². The Bertz CT molecular complexity index is 415. The molecule has 0 saturated heterocycles. The summed E-state index contributed by atoms with van der Waals surface area (Å²) in [5.41, 5.74) is 7.11. The quantitative estimate of drug-likeness (QED) is 0.605. The van der Waals surface area contributed by atoms with Crippen LogP contribution in [0.4, 0.5) is 5.69 Å². The van der Waals surface area contributed by atoms with Crippen molar-refractivity contribution in [3.63, 3.8) is 0 Å². The summed E-state index contributed by atoms with van der Waals surface area (Å²) in [5, 5.41) is 2.84. The molecule has 4 nitrogen and oxygen atoms in total. The molecule has 1 aromatic carbocycles. The summed E-state index contributed by atoms with van der Waals surface area (Å²) in [6.07, 6.45) is 1.44. The molecule has 0 heterocycles. The lowest BCUT2D eigenvalue weighted by molar-refractivity contribution is 0.0953. The van der Waals surface area contributed by atoms with Crippen LogP contribution in [-0.4, -0.2) is 31.5 Å². The second kappa shape index (κ2) is 6.96. The summed E-state index contributed by atoms with van der Waals surface area (Å²) < 4.78 is 0. The molecule has 0 fully saturated rings. The number of hydrogen-bond donors (Lipinski definition) is 2. The number of carbonyl (C=O) groups is 1. The first kappa shape index (κ1) is 14.4. The van der Waals surface area contributed by atoms with E-state index >= 15 is 0 Å². The molecule has 0 bridgehead atoms. The predicted molar refractivity (Wildman–Crippen MR) is 79.1 cm³/mol. The topological polar surface area (TPSA) is 58.4 Å². The maximum atomic E-state index is 11.8. The molecule has 0 unspecified atom stereocenters. The van der Waals surface area contributed by atoms with Crippen molar-refractivity contribution in [2.75, 3.05) is 25.5 Å². The maximum Gasteiger partial charge on any atom is 0.251 e. The van der Waals surface area contributed by atoms with Crippen LogP contribution in [0.5, 0.6) is 0 Å². The number of nitrogens with one attached hydrogen (secondary N) is 1. The van der Waals surface area contributed by atoms with Crippen molar-refractivity contribution >= 4 is 28.8 Å². The minimum absolute atomic E-state index is 0.0664. The molecule has 1 amide bonds. The van der Waals surface area contributed by atoms with Crippen LogP contribution < -0.4 is 16.0 Å². The fourth-order valence-corrected chi connectivity index (χ4v) is 1.62. The van der Waals surface area contributed by atoms with Gasteiger partial charge in [0.15, 0.2) is 0 Å². The second-order valence-corrected chi connectivity index (χ2v) is 4.79. The van der Waals surface area contributed by atoms with E-state index in [0.717, 1.165) is 12.1 Å². The highest BCUT2D eigenvalue weighted by atomic mass is 32.1. The highest BCUT2D eigenvalue weighted by Gasteiger charge is 2.05. The van der Waals surface area contributed by atoms with Gasteiger partial charge in [0.1, 0.15) is 0 Å². The molecule has 0 radical (unpaired) electrons. The standard InChI is InChI=1S/C13H19N3OS/c1-16(2)11-7-5-10(6-8-11)13(17)15-9-3-4-12(14)18/h5-8H,3-4,9H2,1-2H3,(H2,14,18)(H,15,17). The van der Waals surface area contributed by atoms with Gasteiger partial charge in [0.05, 0.1) is 4.99 Å². The molecule has 0 aromatic heterocycles. The molecule has 0 aliphatic heterocycles. The summed E-state index contributed by atoms with van der Waals surface area (Å²) in [6.45, 7) is 0.589. The van der Waals surface area contributed by atoms with Gasteiger partial charge in [-0.05, 0) is 37.1 Å². The van der Waals surface area contributed by atoms with Crippen molar-refractivity contribution in [3.8, 4) is 0 Å². The average Bonchev–Trinajstić information content (AvgIpc) is 2.34. The Morgan fingerprint density at radius 2 is 1.94 bits per heavy atom. The third-order valence-corrected chi connectivity index (χ3v) is 2.74. The van der Waals surface area contributed by atoms with Gasteiger partial charge in [-0.3, -0.25) is 4.79 Å². The molecular weight excluding hydrogens is 246 g/mol. The molecule has 18 heavy (non-hydrogen) atoms. The van der Waals surface area contributed by atoms with Gasteiger partial charge >= 0.3 is 0 Å². The monoisotopic (exact) mass is 265 g/mol. The van der Waals surface area contributed by atoms with Crippen LogP contribution in [0.2, 0.25) is 0 Å². The Hall–Kier alpha value is -1.62. The lowest BCUT2D eigenvalue weighted by Crippen LogP contribution is -2.25. The van der Waals surface area contributed by atoms with Crippen molar-refractivity contribution in [2.45, 2.75) is 12.8 Å². The summed E-state index contributed by atoms with van der Waals surface area (Å²) in [7, 11) is 3.93. The molecule has 0 aliphatic carbocycles. The van der Waals surface area contributed by atoms with Crippen LogP contribution in [0.25, 0.3) is 0 Å². The molecule has 5 heteroatoms. The predicted octanol–water partition coefficient (Wildman–Crippen LogP) is 1.55. The van der Waals surface area contributed by atoms with Gasteiger partial charge in [-0.15, -0.1) is 0 Å². The number of carbonyl (C=O) groups excluding carboxylic acids is 1. The molecule has 98 valence electrons. The first-order chi connectivity index (χ1) is 8.50. The summed E-state index contributed by atoms with van der Waals surface area (Å²) >= 11 is 4.77. The molecule has 0 saturated carbocycles. The molecule has 1 aromatic rings. The van der Waals surface area contributed by atoms with Crippen molar-refractivity contribution in [1.82, 2.24) is 5.32 Å². The third kappa shape index (κ3) is 4.71. The van der Waals surface area contributed by atoms with Crippen molar-refractivity contribution < 1.29 is 4.79 Å². The number of nitrogens with two attached hydrogens (primary N) is 1. The Morgan fingerprint density at radius 3 is 2.44 bits per heavy atom. The Balaban J connectivity index is 2.44. The lowest BCUT2D eigenvalue weighted by Gasteiger charge is -2.12. The van der Waals surface area contributed by atoms with Gasteiger partial charge in [0.25, 0.3) is 5.91 Å². The Morgan fingerprint density at radius 1 is 1.33 bits per heavy atom. The Kier molecular flexibility index (Phi) is 5.58. The van der Waals surface area contributed by atoms with E-state index in [-0.39, 0.29) is 5.91 Å². The number of thiocarbonyl (C=S) groups is 1. The van der Waals surface area contributed by atoms with E-state index in [4.69, 9.17) is 18.0 Å². The fraction of sp³-hybridized carbons (Fsp3) is 0.385. The van der Waals surface area contributed by atoms with Gasteiger partial charge in [-0.25, -0.2) is 0 Å². The zero-order chi connectivity index (χ0) is 13.5. The molecule has 1 rings (SSSR count). The van der Waals surface area contributed by atoms with Crippen LogP contribution in [0.3, 0.4) is 0 Å². The van der Waals surface area contributed by atoms with Crippen molar-refractivity contribution in [1.29, 1.82) is 0 Å². The van der Waals surface area contributed by atoms with Crippen LogP contribution in [0, 0.1) is 0 Å².